The maximum absolute atomic E-state index is 12.5. The second-order valence-corrected chi connectivity index (χ2v) is 6.16. The number of benzene rings is 1. The number of aryl methyl sites for hydroxylation is 1. The van der Waals surface area contributed by atoms with Gasteiger partial charge in [0.15, 0.2) is 0 Å². The Labute approximate surface area is 151 Å². The molecule has 1 aromatic carbocycles. The molecule has 136 valence electrons. The summed E-state index contributed by atoms with van der Waals surface area (Å²) in [5, 5.41) is 2.72. The van der Waals surface area contributed by atoms with Crippen molar-refractivity contribution >= 4 is 17.6 Å². The Morgan fingerprint density at radius 3 is 2.65 bits per heavy atom. The summed E-state index contributed by atoms with van der Waals surface area (Å²) in [4.78, 5) is 40.6. The van der Waals surface area contributed by atoms with E-state index in [0.717, 1.165) is 36.9 Å². The summed E-state index contributed by atoms with van der Waals surface area (Å²) < 4.78 is 6.25. The van der Waals surface area contributed by atoms with Crippen molar-refractivity contribution < 1.29 is 14.3 Å². The molecular formula is C19H21N3O4. The Bertz CT molecular complexity index is 871. The number of fused-ring (bicyclic) bond motifs is 1. The minimum absolute atomic E-state index is 0.0985. The van der Waals surface area contributed by atoms with Crippen LogP contribution in [0.5, 0.6) is 0 Å². The molecule has 1 aliphatic carbocycles. The van der Waals surface area contributed by atoms with Crippen LogP contribution in [0.25, 0.3) is 0 Å². The molecule has 7 heteroatoms. The number of carbonyl (C=O) groups is 2. The quantitative estimate of drug-likeness (QED) is 0.828. The zero-order chi connectivity index (χ0) is 18.5. The largest absolute Gasteiger partial charge is 0.462 e. The van der Waals surface area contributed by atoms with Crippen LogP contribution in [0.4, 0.5) is 5.69 Å². The average molecular weight is 355 g/mol. The molecular weight excluding hydrogens is 334 g/mol. The third-order valence-electron chi connectivity index (χ3n) is 4.30. The predicted octanol–water partition coefficient (Wildman–Crippen LogP) is 1.94. The molecule has 0 saturated carbocycles. The van der Waals surface area contributed by atoms with Gasteiger partial charge in [-0.1, -0.05) is 0 Å². The lowest BCUT2D eigenvalue weighted by molar-refractivity contribution is -0.116. The summed E-state index contributed by atoms with van der Waals surface area (Å²) in [6, 6.07) is 6.41. The van der Waals surface area contributed by atoms with Crippen molar-refractivity contribution in [2.24, 2.45) is 0 Å². The molecule has 2 aromatic rings. The highest BCUT2D eigenvalue weighted by Crippen LogP contribution is 2.15. The normalized spacial score (nSPS) is 13.0. The van der Waals surface area contributed by atoms with Crippen LogP contribution in [0.15, 0.2) is 35.4 Å². The Kier molecular flexibility index (Phi) is 5.46. The number of nitrogens with one attached hydrogen (secondary N) is 1. The Morgan fingerprint density at radius 1 is 1.19 bits per heavy atom. The molecule has 0 radical (unpaired) electrons. The van der Waals surface area contributed by atoms with E-state index in [1.54, 1.807) is 31.2 Å². The van der Waals surface area contributed by atoms with E-state index in [1.807, 2.05) is 0 Å². The monoisotopic (exact) mass is 355 g/mol. The Balaban J connectivity index is 1.66. The average Bonchev–Trinajstić information content (AvgIpc) is 2.65. The molecule has 0 spiro atoms. The predicted molar refractivity (Wildman–Crippen MR) is 96.2 cm³/mol. The number of ether oxygens (including phenoxy) is 1. The first kappa shape index (κ1) is 17.8. The fourth-order valence-corrected chi connectivity index (χ4v) is 3.00. The lowest BCUT2D eigenvalue weighted by atomic mass is 9.97. The number of amides is 1. The van der Waals surface area contributed by atoms with Gasteiger partial charge < -0.3 is 10.1 Å². The number of nitrogens with zero attached hydrogens (tertiary/aromatic N) is 2. The lowest BCUT2D eigenvalue weighted by Gasteiger charge is -2.15. The van der Waals surface area contributed by atoms with E-state index in [4.69, 9.17) is 4.74 Å². The highest BCUT2D eigenvalue weighted by molar-refractivity contribution is 5.93. The van der Waals surface area contributed by atoms with Crippen molar-refractivity contribution in [2.75, 3.05) is 11.9 Å². The fourth-order valence-electron chi connectivity index (χ4n) is 3.00. The summed E-state index contributed by atoms with van der Waals surface area (Å²) >= 11 is 0. The SMILES string of the molecule is CCOC(=O)c1ccc(NC(=O)Cn2cnc3c(c2=O)CCCC3)cc1. The van der Waals surface area contributed by atoms with Crippen LogP contribution in [0.3, 0.4) is 0 Å². The molecule has 0 atom stereocenters. The van der Waals surface area contributed by atoms with Gasteiger partial charge >= 0.3 is 5.97 Å². The molecule has 0 fully saturated rings. The molecule has 1 aliphatic rings. The van der Waals surface area contributed by atoms with Crippen LogP contribution in [-0.4, -0.2) is 28.0 Å². The lowest BCUT2D eigenvalue weighted by Crippen LogP contribution is -2.32. The minimum atomic E-state index is -0.405. The minimum Gasteiger partial charge on any atom is -0.462 e. The summed E-state index contributed by atoms with van der Waals surface area (Å²) in [5.74, 6) is -0.731. The molecule has 1 N–H and O–H groups in total. The molecule has 0 unspecified atom stereocenters. The number of aromatic nitrogens is 2. The summed E-state index contributed by atoms with van der Waals surface area (Å²) in [6.07, 6.45) is 5.01. The maximum Gasteiger partial charge on any atom is 0.338 e. The van der Waals surface area contributed by atoms with Gasteiger partial charge in [0.25, 0.3) is 5.56 Å². The van der Waals surface area contributed by atoms with E-state index in [1.165, 1.54) is 10.9 Å². The molecule has 3 rings (SSSR count). The van der Waals surface area contributed by atoms with Crippen LogP contribution < -0.4 is 10.9 Å². The van der Waals surface area contributed by atoms with E-state index in [9.17, 15) is 14.4 Å². The van der Waals surface area contributed by atoms with Crippen molar-refractivity contribution in [3.8, 4) is 0 Å². The van der Waals surface area contributed by atoms with Crippen LogP contribution in [0.2, 0.25) is 0 Å². The van der Waals surface area contributed by atoms with Gasteiger partial charge in [0.2, 0.25) is 5.91 Å². The van der Waals surface area contributed by atoms with Gasteiger partial charge in [0.05, 0.1) is 24.2 Å². The number of esters is 1. The standard InChI is InChI=1S/C19H21N3O4/c1-2-26-19(25)13-7-9-14(10-8-13)21-17(23)11-22-12-20-16-6-4-3-5-15(16)18(22)24/h7-10,12H,2-6,11H2,1H3,(H,21,23). The van der Waals surface area contributed by atoms with Gasteiger partial charge in [-0.15, -0.1) is 0 Å². The number of carbonyl (C=O) groups excluding carboxylic acids is 2. The van der Waals surface area contributed by atoms with Gasteiger partial charge in [-0.25, -0.2) is 9.78 Å². The molecule has 0 bridgehead atoms. The highest BCUT2D eigenvalue weighted by atomic mass is 16.5. The third kappa shape index (κ3) is 3.99. The van der Waals surface area contributed by atoms with Gasteiger partial charge in [-0.05, 0) is 56.9 Å². The number of anilines is 1. The van der Waals surface area contributed by atoms with Crippen LogP contribution in [-0.2, 0) is 28.9 Å². The summed E-state index contributed by atoms with van der Waals surface area (Å²) in [7, 11) is 0. The van der Waals surface area contributed by atoms with Crippen LogP contribution in [0, 0.1) is 0 Å². The molecule has 0 aliphatic heterocycles. The van der Waals surface area contributed by atoms with Crippen molar-refractivity contribution in [3.63, 3.8) is 0 Å². The number of hydrogen-bond donors (Lipinski definition) is 1. The molecule has 1 amide bonds. The topological polar surface area (TPSA) is 90.3 Å². The number of hydrogen-bond acceptors (Lipinski definition) is 5. The Hall–Kier alpha value is -2.96. The Morgan fingerprint density at radius 2 is 1.92 bits per heavy atom. The molecule has 1 heterocycles. The summed E-state index contributed by atoms with van der Waals surface area (Å²) in [6.45, 7) is 1.95. The first-order valence-electron chi connectivity index (χ1n) is 8.72. The van der Waals surface area contributed by atoms with Crippen LogP contribution in [0.1, 0.15) is 41.4 Å². The van der Waals surface area contributed by atoms with Gasteiger partial charge in [0.1, 0.15) is 6.54 Å². The van der Waals surface area contributed by atoms with Gasteiger partial charge in [0, 0.05) is 11.3 Å². The smallest absolute Gasteiger partial charge is 0.338 e. The zero-order valence-electron chi connectivity index (χ0n) is 14.7. The third-order valence-corrected chi connectivity index (χ3v) is 4.30. The van der Waals surface area contributed by atoms with Gasteiger partial charge in [-0.3, -0.25) is 14.2 Å². The first-order chi connectivity index (χ1) is 12.6. The molecule has 7 nitrogen and oxygen atoms in total. The second-order valence-electron chi connectivity index (χ2n) is 6.16. The zero-order valence-corrected chi connectivity index (χ0v) is 14.7. The molecule has 1 aromatic heterocycles. The second kappa shape index (κ2) is 7.95. The highest BCUT2D eigenvalue weighted by Gasteiger charge is 2.16. The van der Waals surface area contributed by atoms with Crippen molar-refractivity contribution in [1.82, 2.24) is 9.55 Å². The van der Waals surface area contributed by atoms with E-state index in [2.05, 4.69) is 10.3 Å². The molecule has 0 saturated heterocycles. The van der Waals surface area contributed by atoms with Crippen molar-refractivity contribution in [3.05, 3.63) is 57.8 Å². The summed E-state index contributed by atoms with van der Waals surface area (Å²) in [5.41, 5.74) is 2.40. The van der Waals surface area contributed by atoms with Crippen molar-refractivity contribution in [1.29, 1.82) is 0 Å². The van der Waals surface area contributed by atoms with E-state index in [0.29, 0.717) is 17.9 Å². The van der Waals surface area contributed by atoms with E-state index >= 15 is 0 Å². The maximum atomic E-state index is 12.5. The van der Waals surface area contributed by atoms with Crippen molar-refractivity contribution in [2.45, 2.75) is 39.2 Å². The number of rotatable bonds is 5. The van der Waals surface area contributed by atoms with Crippen LogP contribution >= 0.6 is 0 Å². The van der Waals surface area contributed by atoms with E-state index in [-0.39, 0.29) is 18.0 Å². The van der Waals surface area contributed by atoms with E-state index < -0.39 is 5.97 Å². The molecule has 26 heavy (non-hydrogen) atoms. The fraction of sp³-hybridized carbons (Fsp3) is 0.368. The first-order valence-corrected chi connectivity index (χ1v) is 8.72. The van der Waals surface area contributed by atoms with Gasteiger partial charge in [-0.2, -0.15) is 0 Å².